The van der Waals surface area contributed by atoms with Gasteiger partial charge in [-0.15, -0.1) is 11.3 Å². The van der Waals surface area contributed by atoms with Crippen molar-refractivity contribution in [1.82, 2.24) is 15.0 Å². The Bertz CT molecular complexity index is 2820. The smallest absolute Gasteiger partial charge is 0.160 e. The Balaban J connectivity index is 1.24. The second-order valence-electron chi connectivity index (χ2n) is 12.4. The number of furan rings is 1. The lowest BCUT2D eigenvalue weighted by atomic mass is 9.94. The van der Waals surface area contributed by atoms with Gasteiger partial charge in [0.25, 0.3) is 0 Å². The van der Waals surface area contributed by atoms with Crippen LogP contribution in [0.15, 0.2) is 168 Å². The molecule has 0 unspecified atom stereocenters. The van der Waals surface area contributed by atoms with Gasteiger partial charge in [0, 0.05) is 49.3 Å². The van der Waals surface area contributed by atoms with Crippen LogP contribution in [0.4, 0.5) is 0 Å². The minimum absolute atomic E-state index is 0.671. The molecule has 0 aliphatic carbocycles. The summed E-state index contributed by atoms with van der Waals surface area (Å²) < 4.78 is 8.58. The van der Waals surface area contributed by atoms with E-state index in [2.05, 4.69) is 109 Å². The van der Waals surface area contributed by atoms with Crippen LogP contribution in [0.2, 0.25) is 0 Å². The maximum absolute atomic E-state index is 6.19. The first-order chi connectivity index (χ1) is 24.7. The van der Waals surface area contributed by atoms with Gasteiger partial charge in [-0.05, 0) is 71.3 Å². The first kappa shape index (κ1) is 28.6. The Kier molecular flexibility index (Phi) is 6.64. The molecule has 0 radical (unpaired) electrons. The van der Waals surface area contributed by atoms with Crippen molar-refractivity contribution in [2.24, 2.45) is 0 Å². The van der Waals surface area contributed by atoms with Crippen molar-refractivity contribution in [2.75, 3.05) is 0 Å². The van der Waals surface area contributed by atoms with Gasteiger partial charge in [0.15, 0.2) is 5.82 Å². The first-order valence-electron chi connectivity index (χ1n) is 16.6. The van der Waals surface area contributed by atoms with E-state index < -0.39 is 0 Å². The molecule has 234 valence electrons. The zero-order chi connectivity index (χ0) is 33.0. The van der Waals surface area contributed by atoms with Gasteiger partial charge in [-0.25, -0.2) is 9.97 Å². The molecule has 0 atom stereocenters. The summed E-state index contributed by atoms with van der Waals surface area (Å²) in [6.45, 7) is 0. The molecule has 0 aliphatic rings. The van der Waals surface area contributed by atoms with Gasteiger partial charge in [-0.3, -0.25) is 4.98 Å². The van der Waals surface area contributed by atoms with Crippen LogP contribution in [0.25, 0.3) is 98.4 Å². The lowest BCUT2D eigenvalue weighted by Crippen LogP contribution is -1.97. The molecule has 0 spiro atoms. The second kappa shape index (κ2) is 11.6. The molecule has 4 heterocycles. The summed E-state index contributed by atoms with van der Waals surface area (Å²) >= 11 is 1.78. The van der Waals surface area contributed by atoms with Crippen LogP contribution in [0.1, 0.15) is 0 Å². The molecular formula is C45H27N3OS. The minimum atomic E-state index is 0.671. The first-order valence-corrected chi connectivity index (χ1v) is 17.4. The Morgan fingerprint density at radius 1 is 0.440 bits per heavy atom. The molecule has 10 aromatic rings. The fourth-order valence-electron chi connectivity index (χ4n) is 6.91. The van der Waals surface area contributed by atoms with Crippen LogP contribution in [0, 0.1) is 0 Å². The standard InChI is InChI=1S/C45H27N3OS/c1-3-11-28(12-4-1)38-27-39(29-13-5-2-6-14-29)48-45(47-38)33-24-31(30-19-20-41-37(26-30)35-15-7-9-17-40(35)49-41)23-32(25-33)34-21-22-46-43-36-16-8-10-18-42(36)50-44(34)43/h1-27H. The molecule has 4 nitrogen and oxygen atoms in total. The summed E-state index contributed by atoms with van der Waals surface area (Å²) in [5, 5.41) is 3.37. The normalized spacial score (nSPS) is 11.6. The van der Waals surface area contributed by atoms with E-state index >= 15 is 0 Å². The van der Waals surface area contributed by atoms with Gasteiger partial charge in [0.05, 0.1) is 21.6 Å². The molecular weight excluding hydrogens is 631 g/mol. The van der Waals surface area contributed by atoms with Crippen molar-refractivity contribution in [2.45, 2.75) is 0 Å². The summed E-state index contributed by atoms with van der Waals surface area (Å²) in [7, 11) is 0. The summed E-state index contributed by atoms with van der Waals surface area (Å²) in [4.78, 5) is 15.3. The molecule has 0 fully saturated rings. The maximum Gasteiger partial charge on any atom is 0.160 e. The monoisotopic (exact) mass is 657 g/mol. The van der Waals surface area contributed by atoms with Crippen molar-refractivity contribution in [3.63, 3.8) is 0 Å². The molecule has 0 saturated heterocycles. The number of benzene rings is 6. The zero-order valence-electron chi connectivity index (χ0n) is 26.7. The molecule has 0 aliphatic heterocycles. The molecule has 0 amide bonds. The molecule has 0 bridgehead atoms. The highest BCUT2D eigenvalue weighted by Crippen LogP contribution is 2.42. The summed E-state index contributed by atoms with van der Waals surface area (Å²) in [6, 6.07) is 54.8. The highest BCUT2D eigenvalue weighted by atomic mass is 32.1. The minimum Gasteiger partial charge on any atom is -0.456 e. The van der Waals surface area contributed by atoms with Gasteiger partial charge >= 0.3 is 0 Å². The van der Waals surface area contributed by atoms with E-state index in [4.69, 9.17) is 19.4 Å². The van der Waals surface area contributed by atoms with Crippen LogP contribution in [0.5, 0.6) is 0 Å². The van der Waals surface area contributed by atoms with E-state index in [9.17, 15) is 0 Å². The number of pyridine rings is 1. The third-order valence-electron chi connectivity index (χ3n) is 9.34. The molecule has 0 N–H and O–H groups in total. The Hall–Kier alpha value is -6.43. The van der Waals surface area contributed by atoms with Gasteiger partial charge < -0.3 is 4.42 Å². The lowest BCUT2D eigenvalue weighted by Gasteiger charge is -2.13. The SMILES string of the molecule is c1ccc(-c2cc(-c3ccccc3)nc(-c3cc(-c4ccc5oc6ccccc6c5c4)cc(-c4ccnc5c4sc4ccccc45)c3)n2)cc1. The van der Waals surface area contributed by atoms with Gasteiger partial charge in [-0.1, -0.05) is 103 Å². The van der Waals surface area contributed by atoms with E-state index in [-0.39, 0.29) is 0 Å². The van der Waals surface area contributed by atoms with Gasteiger partial charge in [0.2, 0.25) is 0 Å². The number of fused-ring (bicyclic) bond motifs is 6. The van der Waals surface area contributed by atoms with Gasteiger partial charge in [0.1, 0.15) is 11.2 Å². The molecule has 0 saturated carbocycles. The summed E-state index contributed by atoms with van der Waals surface area (Å²) in [5.74, 6) is 0.671. The Morgan fingerprint density at radius 3 is 1.86 bits per heavy atom. The van der Waals surface area contributed by atoms with Crippen molar-refractivity contribution < 1.29 is 4.42 Å². The largest absolute Gasteiger partial charge is 0.456 e. The third kappa shape index (κ3) is 4.87. The number of aromatic nitrogens is 3. The second-order valence-corrected chi connectivity index (χ2v) is 13.5. The van der Waals surface area contributed by atoms with E-state index in [0.717, 1.165) is 82.5 Å². The van der Waals surface area contributed by atoms with Crippen LogP contribution < -0.4 is 0 Å². The van der Waals surface area contributed by atoms with E-state index in [1.807, 2.05) is 54.7 Å². The van der Waals surface area contributed by atoms with Crippen LogP contribution in [-0.2, 0) is 0 Å². The quantitative estimate of drug-likeness (QED) is 0.185. The predicted octanol–water partition coefficient (Wildman–Crippen LogP) is 12.5. The van der Waals surface area contributed by atoms with E-state index in [1.165, 1.54) is 10.1 Å². The molecule has 50 heavy (non-hydrogen) atoms. The number of rotatable bonds is 5. The maximum atomic E-state index is 6.19. The number of para-hydroxylation sites is 1. The Morgan fingerprint density at radius 2 is 1.08 bits per heavy atom. The van der Waals surface area contributed by atoms with Gasteiger partial charge in [-0.2, -0.15) is 0 Å². The van der Waals surface area contributed by atoms with E-state index in [1.54, 1.807) is 11.3 Å². The van der Waals surface area contributed by atoms with Crippen LogP contribution in [-0.4, -0.2) is 15.0 Å². The number of hydrogen-bond acceptors (Lipinski definition) is 5. The predicted molar refractivity (Wildman–Crippen MR) is 207 cm³/mol. The fraction of sp³-hybridized carbons (Fsp3) is 0. The van der Waals surface area contributed by atoms with Crippen molar-refractivity contribution in [3.05, 3.63) is 164 Å². The zero-order valence-corrected chi connectivity index (χ0v) is 27.6. The van der Waals surface area contributed by atoms with E-state index in [0.29, 0.717) is 5.82 Å². The Labute approximate surface area is 292 Å². The fourth-order valence-corrected chi connectivity index (χ4v) is 8.10. The molecule has 4 aromatic heterocycles. The van der Waals surface area contributed by atoms with Crippen LogP contribution >= 0.6 is 11.3 Å². The topological polar surface area (TPSA) is 51.8 Å². The van der Waals surface area contributed by atoms with Crippen LogP contribution in [0.3, 0.4) is 0 Å². The number of nitrogens with zero attached hydrogens (tertiary/aromatic N) is 3. The van der Waals surface area contributed by atoms with Crippen molar-refractivity contribution in [1.29, 1.82) is 0 Å². The lowest BCUT2D eigenvalue weighted by molar-refractivity contribution is 0.669. The average molecular weight is 658 g/mol. The molecule has 6 aromatic carbocycles. The van der Waals surface area contributed by atoms with Crippen molar-refractivity contribution >= 4 is 53.6 Å². The molecule has 10 rings (SSSR count). The highest BCUT2D eigenvalue weighted by Gasteiger charge is 2.17. The third-order valence-corrected chi connectivity index (χ3v) is 10.5. The highest BCUT2D eigenvalue weighted by molar-refractivity contribution is 7.26. The molecule has 5 heteroatoms. The number of hydrogen-bond donors (Lipinski definition) is 0. The average Bonchev–Trinajstić information content (AvgIpc) is 3.76. The summed E-state index contributed by atoms with van der Waals surface area (Å²) in [5.41, 5.74) is 12.0. The number of thiophene rings is 1. The summed E-state index contributed by atoms with van der Waals surface area (Å²) in [6.07, 6.45) is 1.92. The van der Waals surface area contributed by atoms with Crippen molar-refractivity contribution in [3.8, 4) is 56.2 Å².